The van der Waals surface area contributed by atoms with Gasteiger partial charge in [0.05, 0.1) is 0 Å². The molecule has 0 bridgehead atoms. The lowest BCUT2D eigenvalue weighted by molar-refractivity contribution is 1.08. The van der Waals surface area contributed by atoms with E-state index >= 15 is 0 Å². The van der Waals surface area contributed by atoms with Crippen LogP contribution in [-0.2, 0) is 0 Å². The van der Waals surface area contributed by atoms with Gasteiger partial charge in [0.1, 0.15) is 0 Å². The first-order valence-electron chi connectivity index (χ1n) is 2.76. The highest BCUT2D eigenvalue weighted by molar-refractivity contribution is 7.38. The molecular formula is C6H11P. The molecule has 1 aliphatic rings. The predicted octanol–water partition coefficient (Wildman–Crippen LogP) is 2.01. The second kappa shape index (κ2) is 2.47. The fourth-order valence-corrected chi connectivity index (χ4v) is 2.00. The summed E-state index contributed by atoms with van der Waals surface area (Å²) in [6.07, 6.45) is 6.52. The summed E-state index contributed by atoms with van der Waals surface area (Å²) in [4.78, 5) is 0. The number of hydrogen-bond acceptors (Lipinski definition) is 0. The summed E-state index contributed by atoms with van der Waals surface area (Å²) in [7, 11) is 1.21. The Morgan fingerprint density at radius 2 is 2.57 bits per heavy atom. The van der Waals surface area contributed by atoms with Crippen molar-refractivity contribution in [3.63, 3.8) is 0 Å². The third-order valence-electron chi connectivity index (χ3n) is 1.29. The molecule has 0 fully saturated rings. The van der Waals surface area contributed by atoms with Gasteiger partial charge in [-0.05, 0) is 25.7 Å². The Morgan fingerprint density at radius 3 is 2.86 bits per heavy atom. The second-order valence-electron chi connectivity index (χ2n) is 2.00. The summed E-state index contributed by atoms with van der Waals surface area (Å²) in [5.41, 5.74) is 1.60. The summed E-state index contributed by atoms with van der Waals surface area (Å²) in [6, 6.07) is 0. The van der Waals surface area contributed by atoms with Gasteiger partial charge in [-0.3, -0.25) is 0 Å². The first-order chi connectivity index (χ1) is 3.39. The van der Waals surface area contributed by atoms with Crippen molar-refractivity contribution in [1.29, 1.82) is 0 Å². The minimum Gasteiger partial charge on any atom is -0.118 e. The predicted molar refractivity (Wildman–Crippen MR) is 36.4 cm³/mol. The molecule has 0 aromatic carbocycles. The van der Waals surface area contributed by atoms with Crippen molar-refractivity contribution in [2.24, 2.45) is 0 Å². The second-order valence-corrected chi connectivity index (χ2v) is 3.41. The van der Waals surface area contributed by atoms with E-state index in [1.807, 2.05) is 0 Å². The standard InChI is InChI=1S/C6H11P/c1-6-2-4-7-5-3-6/h2,7H,3-5H2,1H3. The average Bonchev–Trinajstić information content (AvgIpc) is 1.69. The van der Waals surface area contributed by atoms with E-state index in [1.54, 1.807) is 5.57 Å². The van der Waals surface area contributed by atoms with Crippen LogP contribution in [-0.4, -0.2) is 12.3 Å². The minimum absolute atomic E-state index is 1.21. The van der Waals surface area contributed by atoms with E-state index < -0.39 is 0 Å². The average molecular weight is 114 g/mol. The summed E-state index contributed by atoms with van der Waals surface area (Å²) in [6.45, 7) is 2.23. The Morgan fingerprint density at radius 1 is 1.71 bits per heavy atom. The Hall–Kier alpha value is 0.170. The van der Waals surface area contributed by atoms with Crippen molar-refractivity contribution in [3.05, 3.63) is 11.6 Å². The van der Waals surface area contributed by atoms with Gasteiger partial charge in [0.15, 0.2) is 0 Å². The summed E-state index contributed by atoms with van der Waals surface area (Å²) < 4.78 is 0. The van der Waals surface area contributed by atoms with Gasteiger partial charge in [-0.2, -0.15) is 0 Å². The zero-order chi connectivity index (χ0) is 5.11. The van der Waals surface area contributed by atoms with Gasteiger partial charge in [-0.15, -0.1) is 8.58 Å². The number of hydrogen-bond donors (Lipinski definition) is 0. The third kappa shape index (κ3) is 1.61. The van der Waals surface area contributed by atoms with E-state index in [9.17, 15) is 0 Å². The van der Waals surface area contributed by atoms with Crippen LogP contribution in [0.25, 0.3) is 0 Å². The maximum Gasteiger partial charge on any atom is -0.0170 e. The van der Waals surface area contributed by atoms with Crippen LogP contribution in [0.2, 0.25) is 0 Å². The van der Waals surface area contributed by atoms with Crippen molar-refractivity contribution < 1.29 is 0 Å². The van der Waals surface area contributed by atoms with Crippen LogP contribution >= 0.6 is 8.58 Å². The van der Waals surface area contributed by atoms with Crippen LogP contribution in [0.5, 0.6) is 0 Å². The monoisotopic (exact) mass is 114 g/mol. The molecule has 0 aromatic rings. The molecule has 0 aromatic heterocycles. The van der Waals surface area contributed by atoms with E-state index in [4.69, 9.17) is 0 Å². The van der Waals surface area contributed by atoms with Crippen molar-refractivity contribution in [3.8, 4) is 0 Å². The summed E-state index contributed by atoms with van der Waals surface area (Å²) in [5, 5.41) is 0. The Bertz CT molecular complexity index is 84.2. The molecule has 1 aliphatic heterocycles. The van der Waals surface area contributed by atoms with Gasteiger partial charge >= 0.3 is 0 Å². The number of allylic oxidation sites excluding steroid dienone is 2. The highest BCUT2D eigenvalue weighted by Crippen LogP contribution is 2.20. The molecule has 7 heavy (non-hydrogen) atoms. The molecule has 0 amide bonds. The molecule has 1 rings (SSSR count). The van der Waals surface area contributed by atoms with E-state index in [0.717, 1.165) is 0 Å². The fraction of sp³-hybridized carbons (Fsp3) is 0.667. The van der Waals surface area contributed by atoms with Crippen molar-refractivity contribution in [2.75, 3.05) is 12.3 Å². The van der Waals surface area contributed by atoms with Crippen LogP contribution in [0.15, 0.2) is 11.6 Å². The molecule has 0 spiro atoms. The molecule has 0 N–H and O–H groups in total. The van der Waals surface area contributed by atoms with Crippen LogP contribution < -0.4 is 0 Å². The Labute approximate surface area is 46.8 Å². The molecular weight excluding hydrogens is 103 g/mol. The topological polar surface area (TPSA) is 0 Å². The number of rotatable bonds is 0. The van der Waals surface area contributed by atoms with Crippen LogP contribution in [0, 0.1) is 0 Å². The highest BCUT2D eigenvalue weighted by atomic mass is 31.1. The normalized spacial score (nSPS) is 25.0. The first-order valence-corrected chi connectivity index (χ1v) is 4.17. The van der Waals surface area contributed by atoms with E-state index in [0.29, 0.717) is 0 Å². The molecule has 1 atom stereocenters. The van der Waals surface area contributed by atoms with Crippen molar-refractivity contribution in [2.45, 2.75) is 13.3 Å². The first kappa shape index (κ1) is 5.31. The van der Waals surface area contributed by atoms with Gasteiger partial charge in [0, 0.05) is 0 Å². The zero-order valence-electron chi connectivity index (χ0n) is 4.70. The van der Waals surface area contributed by atoms with Gasteiger partial charge in [0.2, 0.25) is 0 Å². The molecule has 0 aliphatic carbocycles. The molecule has 0 saturated carbocycles. The summed E-state index contributed by atoms with van der Waals surface area (Å²) in [5.74, 6) is 0. The van der Waals surface area contributed by atoms with Gasteiger partial charge in [-0.1, -0.05) is 11.6 Å². The minimum atomic E-state index is 1.21. The fourth-order valence-electron chi connectivity index (χ4n) is 0.736. The maximum atomic E-state index is 2.36. The summed E-state index contributed by atoms with van der Waals surface area (Å²) >= 11 is 0. The maximum absolute atomic E-state index is 2.36. The molecule has 0 saturated heterocycles. The van der Waals surface area contributed by atoms with Gasteiger partial charge in [0.25, 0.3) is 0 Å². The molecule has 1 unspecified atom stereocenters. The lowest BCUT2D eigenvalue weighted by Crippen LogP contribution is -1.88. The lowest BCUT2D eigenvalue weighted by atomic mass is 10.2. The Balaban J connectivity index is 2.40. The third-order valence-corrected chi connectivity index (χ3v) is 2.39. The quantitative estimate of drug-likeness (QED) is 0.334. The van der Waals surface area contributed by atoms with Gasteiger partial charge < -0.3 is 0 Å². The lowest BCUT2D eigenvalue weighted by Gasteiger charge is -2.05. The van der Waals surface area contributed by atoms with E-state index in [1.165, 1.54) is 27.3 Å². The SMILES string of the molecule is CC1=CCPCC1. The smallest absolute Gasteiger partial charge is 0.0170 e. The Kier molecular flexibility index (Phi) is 1.87. The molecule has 0 radical (unpaired) electrons. The molecule has 1 heterocycles. The van der Waals surface area contributed by atoms with E-state index in [-0.39, 0.29) is 0 Å². The van der Waals surface area contributed by atoms with Crippen molar-refractivity contribution in [1.82, 2.24) is 0 Å². The molecule has 0 nitrogen and oxygen atoms in total. The van der Waals surface area contributed by atoms with Crippen LogP contribution in [0.1, 0.15) is 13.3 Å². The molecule has 40 valence electrons. The van der Waals surface area contributed by atoms with Crippen molar-refractivity contribution >= 4 is 8.58 Å². The highest BCUT2D eigenvalue weighted by Gasteiger charge is 1.94. The van der Waals surface area contributed by atoms with E-state index in [2.05, 4.69) is 13.0 Å². The molecule has 1 heteroatoms. The van der Waals surface area contributed by atoms with Crippen LogP contribution in [0.4, 0.5) is 0 Å². The van der Waals surface area contributed by atoms with Gasteiger partial charge in [-0.25, -0.2) is 0 Å². The zero-order valence-corrected chi connectivity index (χ0v) is 5.70. The van der Waals surface area contributed by atoms with Crippen LogP contribution in [0.3, 0.4) is 0 Å². The largest absolute Gasteiger partial charge is 0.118 e.